The predicted octanol–water partition coefficient (Wildman–Crippen LogP) is 8.62. The van der Waals surface area contributed by atoms with Crippen LogP contribution in [0.5, 0.6) is 0 Å². The van der Waals surface area contributed by atoms with Crippen LogP contribution in [0.1, 0.15) is 96.0 Å². The van der Waals surface area contributed by atoms with E-state index in [1.54, 1.807) is 0 Å². The number of allylic oxidation sites excluding steroid dienone is 6. The lowest BCUT2D eigenvalue weighted by Crippen LogP contribution is -2.29. The smallest absolute Gasteiger partial charge is 0.389 e. The highest BCUT2D eigenvalue weighted by atomic mass is 32.2. The molecule has 41 heavy (non-hydrogen) atoms. The first-order valence-corrected chi connectivity index (χ1v) is 16.8. The van der Waals surface area contributed by atoms with Crippen LogP contribution in [0.3, 0.4) is 0 Å². The molecule has 0 amide bonds. The van der Waals surface area contributed by atoms with Crippen LogP contribution in [-0.2, 0) is 9.84 Å². The maximum atomic E-state index is 13.6. The molecule has 2 aliphatic carbocycles. The van der Waals surface area contributed by atoms with E-state index in [0.29, 0.717) is 24.5 Å². The average molecular weight is 600 g/mol. The lowest BCUT2D eigenvalue weighted by Gasteiger charge is -2.24. The van der Waals surface area contributed by atoms with E-state index in [-0.39, 0.29) is 36.2 Å². The molecule has 4 nitrogen and oxygen atoms in total. The zero-order valence-corrected chi connectivity index (χ0v) is 24.9. The largest absolute Gasteiger partial charge is 0.512 e. The Hall–Kier alpha value is -2.13. The highest BCUT2D eigenvalue weighted by Gasteiger charge is 2.28. The Bertz CT molecular complexity index is 1170. The van der Waals surface area contributed by atoms with Crippen LogP contribution in [0.4, 0.5) is 17.6 Å². The summed E-state index contributed by atoms with van der Waals surface area (Å²) in [5.41, 5.74) is 5.02. The quantitative estimate of drug-likeness (QED) is 0.147. The van der Waals surface area contributed by atoms with Crippen molar-refractivity contribution in [2.45, 2.75) is 103 Å². The monoisotopic (exact) mass is 599 g/mol. The Morgan fingerprint density at radius 2 is 1.73 bits per heavy atom. The molecule has 230 valence electrons. The van der Waals surface area contributed by atoms with Crippen molar-refractivity contribution < 1.29 is 31.1 Å². The lowest BCUT2D eigenvalue weighted by atomic mass is 9.81. The molecule has 2 unspecified atom stereocenters. The van der Waals surface area contributed by atoms with E-state index in [2.05, 4.69) is 11.4 Å². The molecule has 0 radical (unpaired) electrons. The number of benzene rings is 1. The number of fused-ring (bicyclic) bond motifs is 1. The Kier molecular flexibility index (Phi) is 13.0. The van der Waals surface area contributed by atoms with Crippen LogP contribution in [-0.4, -0.2) is 43.8 Å². The molecule has 3 rings (SSSR count). The Balaban J connectivity index is 1.41. The van der Waals surface area contributed by atoms with Crippen LogP contribution < -0.4 is 5.32 Å². The first kappa shape index (κ1) is 33.4. The molecule has 0 heterocycles. The van der Waals surface area contributed by atoms with Crippen molar-refractivity contribution in [3.05, 3.63) is 64.7 Å². The molecular formula is C32H45F4NO3S. The second-order valence-electron chi connectivity index (χ2n) is 11.6. The van der Waals surface area contributed by atoms with Gasteiger partial charge in [0.15, 0.2) is 0 Å². The predicted molar refractivity (Wildman–Crippen MR) is 158 cm³/mol. The molecule has 0 saturated heterocycles. The minimum Gasteiger partial charge on any atom is -0.512 e. The molecule has 2 N–H and O–H groups in total. The lowest BCUT2D eigenvalue weighted by molar-refractivity contribution is -0.135. The minimum absolute atomic E-state index is 0.0114. The van der Waals surface area contributed by atoms with Gasteiger partial charge in [0.05, 0.1) is 17.3 Å². The first-order valence-electron chi connectivity index (χ1n) is 15.0. The Morgan fingerprint density at radius 1 is 1.00 bits per heavy atom. The number of alkyl halides is 3. The molecule has 0 saturated carbocycles. The molecule has 0 aliphatic heterocycles. The molecule has 0 spiro atoms. The molecule has 1 aromatic carbocycles. The summed E-state index contributed by atoms with van der Waals surface area (Å²) in [6, 6.07) is 6.80. The van der Waals surface area contributed by atoms with Crippen molar-refractivity contribution in [2.24, 2.45) is 5.92 Å². The molecule has 0 aromatic heterocycles. The van der Waals surface area contributed by atoms with Crippen molar-refractivity contribution in [2.75, 3.05) is 18.1 Å². The van der Waals surface area contributed by atoms with Crippen LogP contribution in [0.2, 0.25) is 0 Å². The summed E-state index contributed by atoms with van der Waals surface area (Å²) in [6.45, 7) is 2.73. The van der Waals surface area contributed by atoms with Gasteiger partial charge in [-0.2, -0.15) is 13.2 Å². The van der Waals surface area contributed by atoms with Gasteiger partial charge in [0.1, 0.15) is 15.7 Å². The van der Waals surface area contributed by atoms with Gasteiger partial charge in [-0.15, -0.1) is 0 Å². The minimum atomic E-state index is -4.24. The SMILES string of the molecule is CC(CCS(=O)(=O)CCCCC(F)(F)F)NCCCCCCC1=C(c2ccc(F)cc2)CCCC2CC(O)=CC=C12. The van der Waals surface area contributed by atoms with Gasteiger partial charge in [-0.1, -0.05) is 31.1 Å². The summed E-state index contributed by atoms with van der Waals surface area (Å²) in [5.74, 6) is 0.314. The maximum absolute atomic E-state index is 13.6. The van der Waals surface area contributed by atoms with Gasteiger partial charge in [-0.3, -0.25) is 0 Å². The third kappa shape index (κ3) is 11.9. The average Bonchev–Trinajstić information content (AvgIpc) is 3.08. The van der Waals surface area contributed by atoms with Gasteiger partial charge in [-0.05, 0) is 118 Å². The third-order valence-electron chi connectivity index (χ3n) is 8.11. The van der Waals surface area contributed by atoms with Gasteiger partial charge in [0.25, 0.3) is 0 Å². The van der Waals surface area contributed by atoms with E-state index < -0.39 is 22.4 Å². The van der Waals surface area contributed by atoms with Gasteiger partial charge in [-0.25, -0.2) is 12.8 Å². The number of rotatable bonds is 16. The molecule has 0 fully saturated rings. The zero-order chi connectivity index (χ0) is 29.9. The second kappa shape index (κ2) is 15.9. The number of unbranched alkanes of at least 4 members (excludes halogenated alkanes) is 4. The number of halogens is 4. The summed E-state index contributed by atoms with van der Waals surface area (Å²) in [7, 11) is -3.34. The van der Waals surface area contributed by atoms with E-state index in [0.717, 1.165) is 63.5 Å². The number of aliphatic hydroxyl groups is 1. The first-order chi connectivity index (χ1) is 19.4. The van der Waals surface area contributed by atoms with Crippen molar-refractivity contribution in [1.82, 2.24) is 5.32 Å². The van der Waals surface area contributed by atoms with Gasteiger partial charge in [0.2, 0.25) is 0 Å². The highest BCUT2D eigenvalue weighted by Crippen LogP contribution is 2.43. The summed E-state index contributed by atoms with van der Waals surface area (Å²) < 4.78 is 74.6. The molecular weight excluding hydrogens is 554 g/mol. The van der Waals surface area contributed by atoms with Gasteiger partial charge in [0, 0.05) is 18.9 Å². The van der Waals surface area contributed by atoms with Crippen molar-refractivity contribution in [3.8, 4) is 0 Å². The van der Waals surface area contributed by atoms with E-state index in [4.69, 9.17) is 0 Å². The third-order valence-corrected chi connectivity index (χ3v) is 9.88. The van der Waals surface area contributed by atoms with E-state index >= 15 is 0 Å². The van der Waals surface area contributed by atoms with Crippen molar-refractivity contribution in [1.29, 1.82) is 0 Å². The van der Waals surface area contributed by atoms with Crippen LogP contribution in [0, 0.1) is 11.7 Å². The van der Waals surface area contributed by atoms with E-state index in [1.807, 2.05) is 25.1 Å². The maximum Gasteiger partial charge on any atom is 0.389 e. The summed E-state index contributed by atoms with van der Waals surface area (Å²) >= 11 is 0. The summed E-state index contributed by atoms with van der Waals surface area (Å²) in [6.07, 6.45) is 7.77. The molecule has 0 bridgehead atoms. The number of hydrogen-bond donors (Lipinski definition) is 2. The second-order valence-corrected chi connectivity index (χ2v) is 13.9. The zero-order valence-electron chi connectivity index (χ0n) is 24.1. The molecule has 2 aliphatic rings. The molecule has 1 aromatic rings. The fourth-order valence-corrected chi connectivity index (χ4v) is 7.37. The normalized spacial score (nSPS) is 18.9. The van der Waals surface area contributed by atoms with E-state index in [9.17, 15) is 31.1 Å². The van der Waals surface area contributed by atoms with E-state index in [1.165, 1.54) is 28.9 Å². The van der Waals surface area contributed by atoms with Crippen LogP contribution in [0.15, 0.2) is 53.3 Å². The van der Waals surface area contributed by atoms with Crippen molar-refractivity contribution in [3.63, 3.8) is 0 Å². The highest BCUT2D eigenvalue weighted by molar-refractivity contribution is 7.91. The Labute approximate surface area is 242 Å². The molecule has 2 atom stereocenters. The number of nitrogens with one attached hydrogen (secondary N) is 1. The van der Waals surface area contributed by atoms with Crippen molar-refractivity contribution >= 4 is 15.4 Å². The fraction of sp³-hybridized carbons (Fsp3) is 0.625. The van der Waals surface area contributed by atoms with Crippen LogP contribution >= 0.6 is 0 Å². The Morgan fingerprint density at radius 3 is 2.46 bits per heavy atom. The molecule has 9 heteroatoms. The fourth-order valence-electron chi connectivity index (χ4n) is 5.81. The topological polar surface area (TPSA) is 66.4 Å². The number of hydrogen-bond acceptors (Lipinski definition) is 4. The summed E-state index contributed by atoms with van der Waals surface area (Å²) in [5, 5.41) is 13.5. The van der Waals surface area contributed by atoms with Crippen LogP contribution in [0.25, 0.3) is 5.57 Å². The standard InChI is InChI=1S/C32H45F4NO3S/c1-24(18-22-41(39,40)21-7-5-19-32(34,35)36)37-20-6-3-2-4-10-31-29(25-12-14-27(33)15-13-25)11-8-9-26-23-28(38)16-17-30(26)31/h12-17,24,26,37-38H,2-11,18-23H2,1H3. The van der Waals surface area contributed by atoms with Gasteiger partial charge >= 0.3 is 6.18 Å². The number of sulfone groups is 1. The van der Waals surface area contributed by atoms with Gasteiger partial charge < -0.3 is 10.4 Å². The number of aliphatic hydroxyl groups excluding tert-OH is 1. The summed E-state index contributed by atoms with van der Waals surface area (Å²) in [4.78, 5) is 0.